The normalized spacial score (nSPS) is 12.1. The molecule has 0 bridgehead atoms. The maximum Gasteiger partial charge on any atom is 0.416 e. The Balaban J connectivity index is 1.82. The lowest BCUT2D eigenvalue weighted by atomic mass is 10.2. The fourth-order valence-electron chi connectivity index (χ4n) is 1.67. The number of rotatable bonds is 6. The first-order chi connectivity index (χ1) is 9.17. The Morgan fingerprint density at radius 2 is 2.16 bits per heavy atom. The number of hydrogen-bond acceptors (Lipinski definition) is 5. The lowest BCUT2D eigenvalue weighted by molar-refractivity contribution is 0.179. The van der Waals surface area contributed by atoms with Crippen LogP contribution in [0.1, 0.15) is 5.76 Å². The molecule has 0 aliphatic rings. The summed E-state index contributed by atoms with van der Waals surface area (Å²) in [5.41, 5.74) is 0.885. The molecule has 1 aromatic carbocycles. The number of nitrogens with one attached hydrogen (secondary N) is 2. The van der Waals surface area contributed by atoms with Crippen LogP contribution in [-0.4, -0.2) is 29.8 Å². The van der Waals surface area contributed by atoms with Crippen molar-refractivity contribution in [3.63, 3.8) is 0 Å². The minimum Gasteiger partial charge on any atom is -0.497 e. The number of anilines is 1. The van der Waals surface area contributed by atoms with Gasteiger partial charge in [-0.05, 0) is 24.3 Å². The fourth-order valence-corrected chi connectivity index (χ4v) is 1.67. The molecule has 0 fully saturated rings. The number of methoxy groups -OCH3 is 1. The van der Waals surface area contributed by atoms with Crippen LogP contribution < -0.4 is 15.8 Å². The smallest absolute Gasteiger partial charge is 0.416 e. The summed E-state index contributed by atoms with van der Waals surface area (Å²) in [4.78, 5) is 13.2. The first-order valence-corrected chi connectivity index (χ1v) is 5.91. The van der Waals surface area contributed by atoms with Gasteiger partial charge >= 0.3 is 5.76 Å². The zero-order chi connectivity index (χ0) is 13.7. The molecular formula is C13H16N2O4. The molecule has 6 nitrogen and oxygen atoms in total. The molecule has 2 rings (SSSR count). The quantitative estimate of drug-likeness (QED) is 0.724. The standard InChI is InChI=1S/C13H16N2O4/c1-18-11-4-2-9(3-5-11)14-7-10(16)6-12-8-15-13(17)19-12/h2-5,8,10,14,16H,6-7H2,1H3,(H,15,17). The van der Waals surface area contributed by atoms with Crippen LogP contribution in [-0.2, 0) is 6.42 Å². The molecule has 1 atom stereocenters. The van der Waals surface area contributed by atoms with Crippen LogP contribution in [0.25, 0.3) is 0 Å². The molecule has 102 valence electrons. The Morgan fingerprint density at radius 1 is 1.42 bits per heavy atom. The molecule has 0 saturated heterocycles. The van der Waals surface area contributed by atoms with E-state index >= 15 is 0 Å². The predicted molar refractivity (Wildman–Crippen MR) is 70.5 cm³/mol. The average Bonchev–Trinajstić information content (AvgIpc) is 2.82. The van der Waals surface area contributed by atoms with Crippen molar-refractivity contribution in [1.82, 2.24) is 4.98 Å². The molecule has 19 heavy (non-hydrogen) atoms. The van der Waals surface area contributed by atoms with Crippen molar-refractivity contribution in [2.75, 3.05) is 19.0 Å². The minimum atomic E-state index is -0.638. The molecule has 0 aliphatic heterocycles. The maximum absolute atomic E-state index is 10.8. The van der Waals surface area contributed by atoms with Gasteiger partial charge in [0, 0.05) is 24.8 Å². The summed E-state index contributed by atoms with van der Waals surface area (Å²) in [6.45, 7) is 0.362. The van der Waals surface area contributed by atoms with Crippen LogP contribution in [0.15, 0.2) is 39.7 Å². The molecule has 1 unspecified atom stereocenters. The van der Waals surface area contributed by atoms with Crippen molar-refractivity contribution >= 4 is 5.69 Å². The summed E-state index contributed by atoms with van der Waals surface area (Å²) in [6, 6.07) is 7.39. The number of H-pyrrole nitrogens is 1. The van der Waals surface area contributed by atoms with E-state index in [0.29, 0.717) is 12.3 Å². The van der Waals surface area contributed by atoms with Gasteiger partial charge < -0.3 is 19.6 Å². The van der Waals surface area contributed by atoms with E-state index in [1.54, 1.807) is 7.11 Å². The summed E-state index contributed by atoms with van der Waals surface area (Å²) in [6.07, 6.45) is 1.10. The van der Waals surface area contributed by atoms with E-state index < -0.39 is 11.9 Å². The topological polar surface area (TPSA) is 87.5 Å². The van der Waals surface area contributed by atoms with Crippen molar-refractivity contribution < 1.29 is 14.3 Å². The number of aliphatic hydroxyl groups excluding tert-OH is 1. The molecule has 0 aliphatic carbocycles. The van der Waals surface area contributed by atoms with Crippen molar-refractivity contribution in [3.8, 4) is 5.75 Å². The molecule has 0 radical (unpaired) electrons. The second-order valence-electron chi connectivity index (χ2n) is 4.11. The van der Waals surface area contributed by atoms with Crippen LogP contribution in [0, 0.1) is 0 Å². The minimum absolute atomic E-state index is 0.280. The molecule has 1 aromatic heterocycles. The van der Waals surface area contributed by atoms with Gasteiger partial charge in [-0.1, -0.05) is 0 Å². The van der Waals surface area contributed by atoms with Gasteiger partial charge in [0.25, 0.3) is 0 Å². The fraction of sp³-hybridized carbons (Fsp3) is 0.308. The molecule has 0 spiro atoms. The van der Waals surface area contributed by atoms with Crippen LogP contribution in [0.4, 0.5) is 5.69 Å². The highest BCUT2D eigenvalue weighted by atomic mass is 16.5. The van der Waals surface area contributed by atoms with E-state index in [1.165, 1.54) is 6.20 Å². The van der Waals surface area contributed by atoms with Gasteiger partial charge in [-0.2, -0.15) is 0 Å². The van der Waals surface area contributed by atoms with Crippen molar-refractivity contribution in [1.29, 1.82) is 0 Å². The highest BCUT2D eigenvalue weighted by molar-refractivity contribution is 5.46. The highest BCUT2D eigenvalue weighted by Gasteiger charge is 2.08. The van der Waals surface area contributed by atoms with Gasteiger partial charge in [-0.15, -0.1) is 0 Å². The number of benzene rings is 1. The average molecular weight is 264 g/mol. The van der Waals surface area contributed by atoms with Gasteiger partial charge in [0.05, 0.1) is 13.2 Å². The molecule has 2 aromatic rings. The van der Waals surface area contributed by atoms with Gasteiger partial charge in [0.15, 0.2) is 0 Å². The van der Waals surface area contributed by atoms with Crippen molar-refractivity contribution in [2.24, 2.45) is 0 Å². The van der Waals surface area contributed by atoms with Gasteiger partial charge in [0.1, 0.15) is 11.5 Å². The number of aliphatic hydroxyl groups is 1. The highest BCUT2D eigenvalue weighted by Crippen LogP contribution is 2.15. The molecular weight excluding hydrogens is 248 g/mol. The Labute approximate surface area is 110 Å². The summed E-state index contributed by atoms with van der Waals surface area (Å²) in [5.74, 6) is 0.708. The van der Waals surface area contributed by atoms with E-state index in [1.807, 2.05) is 24.3 Å². The van der Waals surface area contributed by atoms with E-state index in [-0.39, 0.29) is 6.42 Å². The molecule has 6 heteroatoms. The van der Waals surface area contributed by atoms with E-state index in [2.05, 4.69) is 10.3 Å². The largest absolute Gasteiger partial charge is 0.497 e. The summed E-state index contributed by atoms with van der Waals surface area (Å²) in [5, 5.41) is 12.9. The molecule has 0 saturated carbocycles. The number of oxazole rings is 1. The Bertz CT molecular complexity index is 559. The second kappa shape index (κ2) is 6.10. The Kier molecular flexibility index (Phi) is 4.25. The van der Waals surface area contributed by atoms with E-state index in [4.69, 9.17) is 9.15 Å². The number of hydrogen-bond donors (Lipinski definition) is 3. The second-order valence-corrected chi connectivity index (χ2v) is 4.11. The summed E-state index contributed by atoms with van der Waals surface area (Å²) < 4.78 is 9.87. The zero-order valence-electron chi connectivity index (χ0n) is 10.6. The number of ether oxygens (including phenoxy) is 1. The molecule has 0 amide bonds. The SMILES string of the molecule is COc1ccc(NCC(O)Cc2c[nH]c(=O)o2)cc1. The van der Waals surface area contributed by atoms with Crippen molar-refractivity contribution in [3.05, 3.63) is 46.8 Å². The number of aromatic nitrogens is 1. The van der Waals surface area contributed by atoms with Gasteiger partial charge in [0.2, 0.25) is 0 Å². The van der Waals surface area contributed by atoms with Crippen LogP contribution in [0.2, 0.25) is 0 Å². The van der Waals surface area contributed by atoms with Crippen LogP contribution in [0.5, 0.6) is 5.75 Å². The Morgan fingerprint density at radius 3 is 2.74 bits per heavy atom. The summed E-state index contributed by atoms with van der Waals surface area (Å²) >= 11 is 0. The lowest BCUT2D eigenvalue weighted by Crippen LogP contribution is -2.21. The molecule has 3 N–H and O–H groups in total. The maximum atomic E-state index is 10.8. The third-order valence-corrected chi connectivity index (χ3v) is 2.64. The third kappa shape index (κ3) is 3.89. The first-order valence-electron chi connectivity index (χ1n) is 5.91. The number of aromatic amines is 1. The predicted octanol–water partition coefficient (Wildman–Crippen LogP) is 0.992. The zero-order valence-corrected chi connectivity index (χ0v) is 10.6. The van der Waals surface area contributed by atoms with Crippen LogP contribution in [0.3, 0.4) is 0 Å². The molecule has 1 heterocycles. The first kappa shape index (κ1) is 13.2. The monoisotopic (exact) mass is 264 g/mol. The van der Waals surface area contributed by atoms with Gasteiger partial charge in [-0.25, -0.2) is 4.79 Å². The third-order valence-electron chi connectivity index (χ3n) is 2.64. The van der Waals surface area contributed by atoms with Gasteiger partial charge in [-0.3, -0.25) is 4.98 Å². The van der Waals surface area contributed by atoms with Crippen molar-refractivity contribution in [2.45, 2.75) is 12.5 Å². The van der Waals surface area contributed by atoms with Crippen LogP contribution >= 0.6 is 0 Å². The van der Waals surface area contributed by atoms with E-state index in [0.717, 1.165) is 11.4 Å². The summed E-state index contributed by atoms with van der Waals surface area (Å²) in [7, 11) is 1.61. The lowest BCUT2D eigenvalue weighted by Gasteiger charge is -2.11. The van der Waals surface area contributed by atoms with E-state index in [9.17, 15) is 9.90 Å². The Hall–Kier alpha value is -2.21.